The summed E-state index contributed by atoms with van der Waals surface area (Å²) >= 11 is 0. The average Bonchev–Trinajstić information content (AvgIpc) is 2.63. The number of ether oxygens (including phenoxy) is 1. The molecular formula is C24H50O. The minimum Gasteiger partial charge on any atom is -0.381 e. The molecule has 1 heteroatoms. The Balaban J connectivity index is 2.94. The number of hydrogen-bond acceptors (Lipinski definition) is 1. The molecule has 0 aromatic rings. The molecule has 0 N–H and O–H groups in total. The highest BCUT2D eigenvalue weighted by Crippen LogP contribution is 2.12. The molecule has 0 atom stereocenters. The lowest BCUT2D eigenvalue weighted by atomic mass is 10.1. The average molecular weight is 355 g/mol. The first kappa shape index (κ1) is 25.0. The Morgan fingerprint density at radius 1 is 0.320 bits per heavy atom. The van der Waals surface area contributed by atoms with Gasteiger partial charge in [-0.15, -0.1) is 0 Å². The molecule has 152 valence electrons. The van der Waals surface area contributed by atoms with Crippen molar-refractivity contribution in [2.24, 2.45) is 0 Å². The van der Waals surface area contributed by atoms with Crippen LogP contribution in [0.5, 0.6) is 0 Å². The predicted molar refractivity (Wildman–Crippen MR) is 115 cm³/mol. The molecule has 0 aromatic heterocycles. The van der Waals surface area contributed by atoms with Crippen molar-refractivity contribution in [1.82, 2.24) is 0 Å². The van der Waals surface area contributed by atoms with Gasteiger partial charge in [-0.25, -0.2) is 0 Å². The van der Waals surface area contributed by atoms with Crippen molar-refractivity contribution in [2.45, 2.75) is 142 Å². The van der Waals surface area contributed by atoms with Gasteiger partial charge in [0.2, 0.25) is 0 Å². The monoisotopic (exact) mass is 354 g/mol. The third-order valence-electron chi connectivity index (χ3n) is 5.28. The Morgan fingerprint density at radius 2 is 0.560 bits per heavy atom. The molecular weight excluding hydrogens is 304 g/mol. The van der Waals surface area contributed by atoms with Crippen molar-refractivity contribution >= 4 is 0 Å². The fourth-order valence-corrected chi connectivity index (χ4v) is 3.49. The Labute approximate surface area is 160 Å². The summed E-state index contributed by atoms with van der Waals surface area (Å²) in [4.78, 5) is 0. The molecule has 0 amide bonds. The molecule has 0 radical (unpaired) electrons. The van der Waals surface area contributed by atoms with Gasteiger partial charge in [0.05, 0.1) is 0 Å². The van der Waals surface area contributed by atoms with Crippen LogP contribution in [0.4, 0.5) is 0 Å². The molecule has 1 nitrogen and oxygen atoms in total. The normalized spacial score (nSPS) is 11.3. The molecule has 0 saturated heterocycles. The van der Waals surface area contributed by atoms with Gasteiger partial charge in [0, 0.05) is 13.2 Å². The Bertz CT molecular complexity index is 192. The predicted octanol–water partition coefficient (Wildman–Crippen LogP) is 8.84. The van der Waals surface area contributed by atoms with Crippen molar-refractivity contribution in [3.63, 3.8) is 0 Å². The van der Waals surface area contributed by atoms with Crippen LogP contribution in [0.1, 0.15) is 142 Å². The van der Waals surface area contributed by atoms with Crippen LogP contribution >= 0.6 is 0 Å². The topological polar surface area (TPSA) is 9.23 Å². The summed E-state index contributed by atoms with van der Waals surface area (Å²) in [6.07, 6.45) is 28.2. The fraction of sp³-hybridized carbons (Fsp3) is 1.00. The van der Waals surface area contributed by atoms with Gasteiger partial charge in [0.15, 0.2) is 0 Å². The lowest BCUT2D eigenvalue weighted by Crippen LogP contribution is -1.97. The minimum absolute atomic E-state index is 0.994. The van der Waals surface area contributed by atoms with Gasteiger partial charge < -0.3 is 4.74 Å². The summed E-state index contributed by atoms with van der Waals surface area (Å²) in [6.45, 7) is 6.57. The molecule has 0 unspecified atom stereocenters. The smallest absolute Gasteiger partial charge is 0.0466 e. The van der Waals surface area contributed by atoms with Crippen LogP contribution in [0.15, 0.2) is 0 Å². The Hall–Kier alpha value is -0.0400. The Kier molecular flexibility index (Phi) is 23.9. The maximum atomic E-state index is 5.78. The highest BCUT2D eigenvalue weighted by atomic mass is 16.5. The van der Waals surface area contributed by atoms with Crippen molar-refractivity contribution in [3.8, 4) is 0 Å². The van der Waals surface area contributed by atoms with Crippen LogP contribution in [-0.2, 0) is 4.74 Å². The molecule has 0 saturated carbocycles. The third kappa shape index (κ3) is 24.0. The van der Waals surface area contributed by atoms with Crippen LogP contribution < -0.4 is 0 Å². The highest BCUT2D eigenvalue weighted by molar-refractivity contribution is 4.49. The third-order valence-corrected chi connectivity index (χ3v) is 5.28. The van der Waals surface area contributed by atoms with E-state index in [0.29, 0.717) is 0 Å². The van der Waals surface area contributed by atoms with Crippen LogP contribution in [0.25, 0.3) is 0 Å². The first-order valence-electron chi connectivity index (χ1n) is 12.0. The van der Waals surface area contributed by atoms with E-state index in [1.807, 2.05) is 0 Å². The fourth-order valence-electron chi connectivity index (χ4n) is 3.49. The zero-order valence-corrected chi connectivity index (χ0v) is 18.0. The molecule has 0 rings (SSSR count). The van der Waals surface area contributed by atoms with Crippen molar-refractivity contribution < 1.29 is 4.74 Å². The van der Waals surface area contributed by atoms with Gasteiger partial charge in [0.1, 0.15) is 0 Å². The van der Waals surface area contributed by atoms with Crippen molar-refractivity contribution in [2.75, 3.05) is 13.2 Å². The Morgan fingerprint density at radius 3 is 0.840 bits per heavy atom. The molecule has 0 aliphatic heterocycles. The van der Waals surface area contributed by atoms with Gasteiger partial charge in [-0.3, -0.25) is 0 Å². The van der Waals surface area contributed by atoms with E-state index in [-0.39, 0.29) is 0 Å². The maximum absolute atomic E-state index is 5.78. The number of rotatable bonds is 22. The zero-order chi connectivity index (χ0) is 18.3. The van der Waals surface area contributed by atoms with E-state index in [0.717, 1.165) is 13.2 Å². The zero-order valence-electron chi connectivity index (χ0n) is 18.0. The molecule has 0 bridgehead atoms. The van der Waals surface area contributed by atoms with Gasteiger partial charge in [-0.05, 0) is 12.8 Å². The maximum Gasteiger partial charge on any atom is 0.0466 e. The largest absolute Gasteiger partial charge is 0.381 e. The van der Waals surface area contributed by atoms with E-state index in [4.69, 9.17) is 4.74 Å². The molecule has 0 spiro atoms. The molecule has 0 heterocycles. The first-order valence-corrected chi connectivity index (χ1v) is 12.0. The van der Waals surface area contributed by atoms with Gasteiger partial charge in [-0.2, -0.15) is 0 Å². The second-order valence-corrected chi connectivity index (χ2v) is 7.98. The van der Waals surface area contributed by atoms with Gasteiger partial charge in [0.25, 0.3) is 0 Å². The molecule has 0 aliphatic carbocycles. The molecule has 0 fully saturated rings. The summed E-state index contributed by atoms with van der Waals surface area (Å²) in [7, 11) is 0. The summed E-state index contributed by atoms with van der Waals surface area (Å²) in [5.41, 5.74) is 0. The van der Waals surface area contributed by atoms with E-state index in [2.05, 4.69) is 13.8 Å². The van der Waals surface area contributed by atoms with Crippen LogP contribution in [0.2, 0.25) is 0 Å². The van der Waals surface area contributed by atoms with Crippen LogP contribution in [0, 0.1) is 0 Å². The lowest BCUT2D eigenvalue weighted by Gasteiger charge is -2.05. The minimum atomic E-state index is 0.994. The molecule has 25 heavy (non-hydrogen) atoms. The SMILES string of the molecule is CCCCCCCCCCCCOCCCCCCCCCCCC. The standard InChI is InChI=1S/C24H50O/c1-3-5-7-9-11-13-15-17-19-21-23-25-24-22-20-18-16-14-12-10-8-6-4-2/h3-24H2,1-2H3. The lowest BCUT2D eigenvalue weighted by molar-refractivity contribution is 0.125. The van der Waals surface area contributed by atoms with E-state index in [9.17, 15) is 0 Å². The summed E-state index contributed by atoms with van der Waals surface area (Å²) in [6, 6.07) is 0. The van der Waals surface area contributed by atoms with Crippen molar-refractivity contribution in [1.29, 1.82) is 0 Å². The van der Waals surface area contributed by atoms with E-state index < -0.39 is 0 Å². The van der Waals surface area contributed by atoms with Gasteiger partial charge >= 0.3 is 0 Å². The second-order valence-electron chi connectivity index (χ2n) is 7.98. The van der Waals surface area contributed by atoms with Crippen molar-refractivity contribution in [3.05, 3.63) is 0 Å². The second kappa shape index (κ2) is 24.0. The quantitative estimate of drug-likeness (QED) is 0.176. The van der Waals surface area contributed by atoms with E-state index in [1.165, 1.54) is 128 Å². The number of hydrogen-bond donors (Lipinski definition) is 0. The summed E-state index contributed by atoms with van der Waals surface area (Å²) < 4.78 is 5.78. The number of unbranched alkanes of at least 4 members (excludes halogenated alkanes) is 18. The molecule has 0 aliphatic rings. The van der Waals surface area contributed by atoms with Gasteiger partial charge in [-0.1, -0.05) is 129 Å². The molecule has 0 aromatic carbocycles. The first-order chi connectivity index (χ1) is 12.4. The summed E-state index contributed by atoms with van der Waals surface area (Å²) in [5.74, 6) is 0. The van der Waals surface area contributed by atoms with Crippen LogP contribution in [0.3, 0.4) is 0 Å². The highest BCUT2D eigenvalue weighted by Gasteiger charge is 1.95. The van der Waals surface area contributed by atoms with Crippen LogP contribution in [-0.4, -0.2) is 13.2 Å². The van der Waals surface area contributed by atoms with E-state index >= 15 is 0 Å². The van der Waals surface area contributed by atoms with E-state index in [1.54, 1.807) is 0 Å². The summed E-state index contributed by atoms with van der Waals surface area (Å²) in [5, 5.41) is 0.